The molecule has 0 fully saturated rings. The Kier molecular flexibility index (Phi) is 5.53. The van der Waals surface area contributed by atoms with Crippen molar-refractivity contribution < 1.29 is 13.9 Å². The van der Waals surface area contributed by atoms with Gasteiger partial charge in [-0.05, 0) is 18.6 Å². The van der Waals surface area contributed by atoms with Crippen molar-refractivity contribution in [3.63, 3.8) is 0 Å². The minimum atomic E-state index is -1.86. The summed E-state index contributed by atoms with van der Waals surface area (Å²) in [6.07, 6.45) is -0.105. The second kappa shape index (κ2) is 6.72. The molecule has 0 spiro atoms. The number of para-hydroxylation sites is 1. The lowest BCUT2D eigenvalue weighted by molar-refractivity contribution is -0.149. The molecule has 0 amide bonds. The topological polar surface area (TPSA) is 57.2 Å². The first-order valence-electron chi connectivity index (χ1n) is 6.16. The minimum absolute atomic E-state index is 0. The summed E-state index contributed by atoms with van der Waals surface area (Å²) >= 11 is 0. The van der Waals surface area contributed by atoms with Gasteiger partial charge < -0.3 is 15.0 Å². The smallest absolute Gasteiger partial charge is 0.342 e. The fraction of sp³-hybridized carbons (Fsp3) is 0.357. The first kappa shape index (κ1) is 16.5. The molecule has 0 saturated heterocycles. The van der Waals surface area contributed by atoms with Gasteiger partial charge in [0.1, 0.15) is 0 Å². The Morgan fingerprint density at radius 2 is 2.10 bits per heavy atom. The van der Waals surface area contributed by atoms with Gasteiger partial charge in [0.25, 0.3) is 0 Å². The van der Waals surface area contributed by atoms with Gasteiger partial charge in [-0.1, -0.05) is 18.2 Å². The molecule has 1 aromatic carbocycles. The molecule has 1 unspecified atom stereocenters. The average molecular weight is 301 g/mol. The molecule has 6 heteroatoms. The number of nitrogens with zero attached hydrogens (tertiary/aromatic N) is 1. The summed E-state index contributed by atoms with van der Waals surface area (Å²) in [4.78, 5) is 11.4. The van der Waals surface area contributed by atoms with E-state index >= 15 is 0 Å². The van der Waals surface area contributed by atoms with E-state index in [4.69, 9.17) is 5.73 Å². The number of halogens is 2. The molecule has 0 radical (unpaired) electrons. The molecule has 0 aliphatic carbocycles. The number of fused-ring (bicyclic) bond motifs is 1. The Balaban J connectivity index is 0.00000200. The zero-order valence-electron chi connectivity index (χ0n) is 11.4. The van der Waals surface area contributed by atoms with Crippen molar-refractivity contribution in [3.8, 4) is 0 Å². The number of esters is 1. The molecule has 0 aliphatic rings. The third-order valence-corrected chi connectivity index (χ3v) is 3.11. The predicted molar refractivity (Wildman–Crippen MR) is 78.6 cm³/mol. The average Bonchev–Trinajstić information content (AvgIpc) is 2.75. The molecule has 4 nitrogen and oxygen atoms in total. The lowest BCUT2D eigenvalue weighted by Gasteiger charge is -2.14. The Hall–Kier alpha value is -1.59. The fourth-order valence-corrected chi connectivity index (χ4v) is 2.16. The van der Waals surface area contributed by atoms with Crippen molar-refractivity contribution in [3.05, 3.63) is 36.0 Å². The van der Waals surface area contributed by atoms with E-state index in [0.29, 0.717) is 5.56 Å². The van der Waals surface area contributed by atoms with Crippen LogP contribution >= 0.6 is 12.4 Å². The van der Waals surface area contributed by atoms with Crippen LogP contribution in [0.3, 0.4) is 0 Å². The number of hydrogen-bond donors (Lipinski definition) is 1. The van der Waals surface area contributed by atoms with Gasteiger partial charge in [-0.3, -0.25) is 0 Å². The van der Waals surface area contributed by atoms with Crippen molar-refractivity contribution in [2.45, 2.75) is 19.1 Å². The van der Waals surface area contributed by atoms with Gasteiger partial charge in [-0.25, -0.2) is 9.18 Å². The Bertz CT molecular complexity index is 600. The van der Waals surface area contributed by atoms with Crippen molar-refractivity contribution in [2.75, 3.05) is 6.61 Å². The third kappa shape index (κ3) is 2.94. The summed E-state index contributed by atoms with van der Waals surface area (Å²) in [6.45, 7) is 1.77. The number of alkyl halides is 1. The molecule has 110 valence electrons. The number of hydrogen-bond acceptors (Lipinski definition) is 3. The number of carbonyl (C=O) groups excluding carboxylic acids is 1. The standard InChI is InChI=1S/C14H17FN2O2.ClH/c1-3-19-14(18)12(15)13(16)10-8-17(2)11-7-5-4-6-9(10)11;/h4-8,12-13H,3,16H2,1-2H3;1H/t12?,13-;/m0./s1. The number of aromatic nitrogens is 1. The number of benzene rings is 1. The van der Waals surface area contributed by atoms with Gasteiger partial charge >= 0.3 is 5.97 Å². The van der Waals surface area contributed by atoms with Gasteiger partial charge in [0.2, 0.25) is 6.17 Å². The quantitative estimate of drug-likeness (QED) is 0.883. The molecule has 1 heterocycles. The highest BCUT2D eigenvalue weighted by Gasteiger charge is 2.29. The van der Waals surface area contributed by atoms with Gasteiger partial charge in [-0.15, -0.1) is 12.4 Å². The van der Waals surface area contributed by atoms with Gasteiger partial charge in [0.05, 0.1) is 12.6 Å². The van der Waals surface area contributed by atoms with Gasteiger partial charge in [0, 0.05) is 24.1 Å². The molecular formula is C14H18ClFN2O2. The van der Waals surface area contributed by atoms with Crippen LogP contribution in [0.2, 0.25) is 0 Å². The lowest BCUT2D eigenvalue weighted by atomic mass is 10.0. The number of carbonyl (C=O) groups is 1. The maximum atomic E-state index is 14.0. The van der Waals surface area contributed by atoms with Crippen LogP contribution in [0.15, 0.2) is 30.5 Å². The molecule has 20 heavy (non-hydrogen) atoms. The molecule has 2 aromatic rings. The maximum Gasteiger partial charge on any atom is 0.342 e. The van der Waals surface area contributed by atoms with Gasteiger partial charge in [-0.2, -0.15) is 0 Å². The fourth-order valence-electron chi connectivity index (χ4n) is 2.16. The third-order valence-electron chi connectivity index (χ3n) is 3.11. The van der Waals surface area contributed by atoms with E-state index < -0.39 is 18.2 Å². The van der Waals surface area contributed by atoms with Crippen LogP contribution in [0.4, 0.5) is 4.39 Å². The zero-order valence-corrected chi connectivity index (χ0v) is 12.2. The molecule has 2 N–H and O–H groups in total. The monoisotopic (exact) mass is 300 g/mol. The van der Waals surface area contributed by atoms with Crippen LogP contribution in [-0.4, -0.2) is 23.3 Å². The number of aryl methyl sites for hydroxylation is 1. The highest BCUT2D eigenvalue weighted by atomic mass is 35.5. The SMILES string of the molecule is CCOC(=O)C(F)[C@@H](N)c1cn(C)c2ccccc12.Cl. The summed E-state index contributed by atoms with van der Waals surface area (Å²) in [6, 6.07) is 6.52. The minimum Gasteiger partial charge on any atom is -0.464 e. The zero-order chi connectivity index (χ0) is 14.0. The van der Waals surface area contributed by atoms with Crippen LogP contribution in [0, 0.1) is 0 Å². The van der Waals surface area contributed by atoms with Crippen molar-refractivity contribution in [1.82, 2.24) is 4.57 Å². The second-order valence-electron chi connectivity index (χ2n) is 4.39. The Labute approximate surface area is 123 Å². The van der Waals surface area contributed by atoms with E-state index in [9.17, 15) is 9.18 Å². The predicted octanol–water partition coefficient (Wildman–Crippen LogP) is 2.50. The van der Waals surface area contributed by atoms with Crippen LogP contribution < -0.4 is 5.73 Å². The van der Waals surface area contributed by atoms with Crippen molar-refractivity contribution in [1.29, 1.82) is 0 Å². The number of nitrogens with two attached hydrogens (primary N) is 1. The largest absolute Gasteiger partial charge is 0.464 e. The second-order valence-corrected chi connectivity index (χ2v) is 4.39. The summed E-state index contributed by atoms with van der Waals surface area (Å²) in [5.74, 6) is -0.914. The first-order valence-corrected chi connectivity index (χ1v) is 6.16. The summed E-state index contributed by atoms with van der Waals surface area (Å²) in [5.41, 5.74) is 7.42. The number of rotatable bonds is 4. The maximum absolute atomic E-state index is 14.0. The van der Waals surface area contributed by atoms with Crippen molar-refractivity contribution in [2.24, 2.45) is 12.8 Å². The summed E-state index contributed by atoms with van der Waals surface area (Å²) in [7, 11) is 1.86. The molecule has 2 atom stereocenters. The van der Waals surface area contributed by atoms with Gasteiger partial charge in [0.15, 0.2) is 0 Å². The molecule has 0 aliphatic heterocycles. The normalized spacial score (nSPS) is 13.6. The van der Waals surface area contributed by atoms with Crippen LogP contribution in [-0.2, 0) is 16.6 Å². The highest BCUT2D eigenvalue weighted by Crippen LogP contribution is 2.27. The Morgan fingerprint density at radius 3 is 2.75 bits per heavy atom. The van der Waals surface area contributed by atoms with E-state index in [-0.39, 0.29) is 19.0 Å². The van der Waals surface area contributed by atoms with Crippen LogP contribution in [0.5, 0.6) is 0 Å². The van der Waals surface area contributed by atoms with E-state index in [1.165, 1.54) is 0 Å². The molecular weight excluding hydrogens is 283 g/mol. The lowest BCUT2D eigenvalue weighted by Crippen LogP contribution is -2.31. The molecule has 1 aromatic heterocycles. The summed E-state index contributed by atoms with van der Waals surface area (Å²) in [5, 5.41) is 0.851. The summed E-state index contributed by atoms with van der Waals surface area (Å²) < 4.78 is 20.5. The van der Waals surface area contributed by atoms with Crippen LogP contribution in [0.25, 0.3) is 10.9 Å². The van der Waals surface area contributed by atoms with E-state index in [2.05, 4.69) is 4.74 Å². The molecule has 2 rings (SSSR count). The first-order chi connectivity index (χ1) is 9.06. The van der Waals surface area contributed by atoms with Crippen LogP contribution in [0.1, 0.15) is 18.5 Å². The Morgan fingerprint density at radius 1 is 1.45 bits per heavy atom. The highest BCUT2D eigenvalue weighted by molar-refractivity contribution is 5.86. The van der Waals surface area contributed by atoms with E-state index in [1.807, 2.05) is 35.9 Å². The molecule has 0 saturated carbocycles. The molecule has 0 bridgehead atoms. The van der Waals surface area contributed by atoms with E-state index in [1.54, 1.807) is 13.1 Å². The van der Waals surface area contributed by atoms with Crippen molar-refractivity contribution >= 4 is 29.3 Å². The van der Waals surface area contributed by atoms with E-state index in [0.717, 1.165) is 10.9 Å². The number of ether oxygens (including phenoxy) is 1.